The Kier molecular flexibility index (Phi) is 8.09. The number of para-hydroxylation sites is 1. The van der Waals surface area contributed by atoms with Crippen LogP contribution in [-0.2, 0) is 19.2 Å². The Labute approximate surface area is 213 Å². The van der Waals surface area contributed by atoms with Gasteiger partial charge in [0.1, 0.15) is 5.75 Å². The molecule has 2 aromatic carbocycles. The van der Waals surface area contributed by atoms with Crippen LogP contribution in [0.1, 0.15) is 24.4 Å². The zero-order valence-corrected chi connectivity index (χ0v) is 19.9. The van der Waals surface area contributed by atoms with Gasteiger partial charge < -0.3 is 25.4 Å². The molecule has 10 nitrogen and oxygen atoms in total. The van der Waals surface area contributed by atoms with Crippen LogP contribution < -0.4 is 20.3 Å². The fourth-order valence-corrected chi connectivity index (χ4v) is 4.05. The second-order valence-corrected chi connectivity index (χ2v) is 8.55. The van der Waals surface area contributed by atoms with Crippen molar-refractivity contribution in [3.63, 3.8) is 0 Å². The molecular formula is C27H26N4O6. The SMILES string of the molecule is O=C(O)CC(NC(=O)C1CC(=O)N(c2cccc(NC(=O)COc3ccccc3)c2)C1)c1cccnc1. The highest BCUT2D eigenvalue weighted by molar-refractivity contribution is 6.01. The number of ether oxygens (including phenoxy) is 1. The number of carboxylic acids is 1. The second kappa shape index (κ2) is 11.8. The average molecular weight is 503 g/mol. The van der Waals surface area contributed by atoms with E-state index >= 15 is 0 Å². The van der Waals surface area contributed by atoms with Crippen LogP contribution in [0.2, 0.25) is 0 Å². The zero-order valence-electron chi connectivity index (χ0n) is 19.9. The van der Waals surface area contributed by atoms with E-state index in [0.29, 0.717) is 22.7 Å². The zero-order chi connectivity index (χ0) is 26.2. The first-order valence-corrected chi connectivity index (χ1v) is 11.7. The largest absolute Gasteiger partial charge is 0.484 e. The standard InChI is InChI=1S/C27H26N4O6/c32-24(17-37-22-9-2-1-3-10-22)29-20-7-4-8-21(13-20)31-16-19(12-25(31)33)27(36)30-23(14-26(34)35)18-6-5-11-28-15-18/h1-11,13,15,19,23H,12,14,16-17H2,(H,29,32)(H,30,36)(H,34,35). The lowest BCUT2D eigenvalue weighted by Crippen LogP contribution is -2.36. The molecule has 0 saturated carbocycles. The predicted molar refractivity (Wildman–Crippen MR) is 135 cm³/mol. The molecule has 0 bridgehead atoms. The number of nitrogens with zero attached hydrogens (tertiary/aromatic N) is 2. The fourth-order valence-electron chi connectivity index (χ4n) is 4.05. The summed E-state index contributed by atoms with van der Waals surface area (Å²) in [5.74, 6) is -2.15. The normalized spacial score (nSPS) is 15.6. The highest BCUT2D eigenvalue weighted by Crippen LogP contribution is 2.28. The number of carboxylic acid groups (broad SMARTS) is 1. The van der Waals surface area contributed by atoms with E-state index in [-0.39, 0.29) is 37.8 Å². The molecule has 3 aromatic rings. The summed E-state index contributed by atoms with van der Waals surface area (Å²) in [6, 6.07) is 18.3. The number of anilines is 2. The number of carbonyl (C=O) groups is 4. The molecule has 4 rings (SSSR count). The van der Waals surface area contributed by atoms with Gasteiger partial charge in [-0.25, -0.2) is 0 Å². The van der Waals surface area contributed by atoms with Crippen LogP contribution in [0.3, 0.4) is 0 Å². The molecule has 190 valence electrons. The molecule has 2 atom stereocenters. The topological polar surface area (TPSA) is 138 Å². The van der Waals surface area contributed by atoms with Crippen molar-refractivity contribution in [1.82, 2.24) is 10.3 Å². The predicted octanol–water partition coefficient (Wildman–Crippen LogP) is 2.78. The molecular weight excluding hydrogens is 476 g/mol. The Hall–Kier alpha value is -4.73. The number of nitrogens with one attached hydrogen (secondary N) is 2. The van der Waals surface area contributed by atoms with Crippen LogP contribution in [0, 0.1) is 5.92 Å². The van der Waals surface area contributed by atoms with Gasteiger partial charge in [0.2, 0.25) is 11.8 Å². The van der Waals surface area contributed by atoms with Crippen molar-refractivity contribution in [2.45, 2.75) is 18.9 Å². The van der Waals surface area contributed by atoms with Crippen LogP contribution in [0.4, 0.5) is 11.4 Å². The number of pyridine rings is 1. The molecule has 1 fully saturated rings. The summed E-state index contributed by atoms with van der Waals surface area (Å²) in [4.78, 5) is 54.8. The summed E-state index contributed by atoms with van der Waals surface area (Å²) >= 11 is 0. The van der Waals surface area contributed by atoms with Crippen molar-refractivity contribution >= 4 is 35.1 Å². The summed E-state index contributed by atoms with van der Waals surface area (Å²) in [5, 5.41) is 14.8. The van der Waals surface area contributed by atoms with E-state index in [9.17, 15) is 24.3 Å². The van der Waals surface area contributed by atoms with Gasteiger partial charge in [0.15, 0.2) is 6.61 Å². The van der Waals surface area contributed by atoms with Gasteiger partial charge >= 0.3 is 5.97 Å². The lowest BCUT2D eigenvalue weighted by atomic mass is 10.0. The molecule has 1 saturated heterocycles. The van der Waals surface area contributed by atoms with Crippen LogP contribution >= 0.6 is 0 Å². The van der Waals surface area contributed by atoms with Crippen molar-refractivity contribution < 1.29 is 29.0 Å². The summed E-state index contributed by atoms with van der Waals surface area (Å²) in [6.45, 7) is -0.0421. The van der Waals surface area contributed by atoms with Crippen molar-refractivity contribution in [2.75, 3.05) is 23.4 Å². The quantitative estimate of drug-likeness (QED) is 0.388. The number of hydrogen-bond donors (Lipinski definition) is 3. The number of benzene rings is 2. The number of carbonyl (C=O) groups excluding carboxylic acids is 3. The molecule has 37 heavy (non-hydrogen) atoms. The molecule has 1 aliphatic heterocycles. The first kappa shape index (κ1) is 25.4. The van der Waals surface area contributed by atoms with Gasteiger partial charge in [0, 0.05) is 36.7 Å². The van der Waals surface area contributed by atoms with E-state index in [1.54, 1.807) is 54.7 Å². The minimum absolute atomic E-state index is 0.0137. The molecule has 0 radical (unpaired) electrons. The van der Waals surface area contributed by atoms with Gasteiger partial charge in [-0.2, -0.15) is 0 Å². The summed E-state index contributed by atoms with van der Waals surface area (Å²) < 4.78 is 5.45. The van der Waals surface area contributed by atoms with E-state index in [4.69, 9.17) is 4.74 Å². The van der Waals surface area contributed by atoms with Crippen molar-refractivity contribution in [3.8, 4) is 5.75 Å². The fraction of sp³-hybridized carbons (Fsp3) is 0.222. The number of aromatic nitrogens is 1. The molecule has 3 amide bonds. The van der Waals surface area contributed by atoms with Crippen molar-refractivity contribution in [2.24, 2.45) is 5.92 Å². The number of rotatable bonds is 10. The third-order valence-corrected chi connectivity index (χ3v) is 5.83. The molecule has 1 aliphatic rings. The molecule has 2 heterocycles. The van der Waals surface area contributed by atoms with Crippen LogP contribution in [0.25, 0.3) is 0 Å². The maximum absolute atomic E-state index is 13.0. The summed E-state index contributed by atoms with van der Waals surface area (Å²) in [7, 11) is 0. The maximum Gasteiger partial charge on any atom is 0.305 e. The number of hydrogen-bond acceptors (Lipinski definition) is 6. The minimum Gasteiger partial charge on any atom is -0.484 e. The maximum atomic E-state index is 13.0. The first-order valence-electron chi connectivity index (χ1n) is 11.7. The Balaban J connectivity index is 1.37. The van der Waals surface area contributed by atoms with Crippen LogP contribution in [-0.4, -0.2) is 46.9 Å². The van der Waals surface area contributed by atoms with Gasteiger partial charge in [0.25, 0.3) is 5.91 Å². The molecule has 10 heteroatoms. The van der Waals surface area contributed by atoms with E-state index in [1.807, 2.05) is 18.2 Å². The van der Waals surface area contributed by atoms with E-state index < -0.39 is 23.8 Å². The second-order valence-electron chi connectivity index (χ2n) is 8.55. The molecule has 1 aromatic heterocycles. The van der Waals surface area contributed by atoms with Crippen LogP contribution in [0.15, 0.2) is 79.1 Å². The minimum atomic E-state index is -1.06. The first-order chi connectivity index (χ1) is 17.9. The van der Waals surface area contributed by atoms with Gasteiger partial charge in [-0.15, -0.1) is 0 Å². The smallest absolute Gasteiger partial charge is 0.305 e. The molecule has 3 N–H and O–H groups in total. The van der Waals surface area contributed by atoms with Gasteiger partial charge in [0.05, 0.1) is 18.4 Å². The summed E-state index contributed by atoms with van der Waals surface area (Å²) in [6.07, 6.45) is 2.74. The summed E-state index contributed by atoms with van der Waals surface area (Å²) in [5.41, 5.74) is 1.59. The van der Waals surface area contributed by atoms with Crippen LogP contribution in [0.5, 0.6) is 5.75 Å². The Morgan fingerprint density at radius 3 is 2.62 bits per heavy atom. The van der Waals surface area contributed by atoms with Crippen molar-refractivity contribution in [3.05, 3.63) is 84.7 Å². The lowest BCUT2D eigenvalue weighted by Gasteiger charge is -2.20. The highest BCUT2D eigenvalue weighted by atomic mass is 16.5. The Morgan fingerprint density at radius 2 is 1.89 bits per heavy atom. The van der Waals surface area contributed by atoms with Gasteiger partial charge in [-0.3, -0.25) is 24.2 Å². The molecule has 0 spiro atoms. The van der Waals surface area contributed by atoms with E-state index in [2.05, 4.69) is 15.6 Å². The van der Waals surface area contributed by atoms with Gasteiger partial charge in [-0.1, -0.05) is 30.3 Å². The Bertz CT molecular complexity index is 1270. The molecule has 2 unspecified atom stereocenters. The van der Waals surface area contributed by atoms with Gasteiger partial charge in [-0.05, 0) is 42.0 Å². The monoisotopic (exact) mass is 502 g/mol. The van der Waals surface area contributed by atoms with E-state index in [0.717, 1.165) is 0 Å². The number of amides is 3. The molecule has 0 aliphatic carbocycles. The lowest BCUT2D eigenvalue weighted by molar-refractivity contribution is -0.138. The average Bonchev–Trinajstić information content (AvgIpc) is 3.30. The Morgan fingerprint density at radius 1 is 1.08 bits per heavy atom. The third kappa shape index (κ3) is 6.91. The van der Waals surface area contributed by atoms with E-state index in [1.165, 1.54) is 11.1 Å². The highest BCUT2D eigenvalue weighted by Gasteiger charge is 2.36. The van der Waals surface area contributed by atoms with Crippen molar-refractivity contribution in [1.29, 1.82) is 0 Å². The number of aliphatic carboxylic acids is 1. The third-order valence-electron chi connectivity index (χ3n) is 5.83.